The molecule has 2 N–H and O–H groups in total. The van der Waals surface area contributed by atoms with Crippen molar-refractivity contribution in [1.82, 2.24) is 9.88 Å². The van der Waals surface area contributed by atoms with E-state index in [9.17, 15) is 0 Å². The van der Waals surface area contributed by atoms with E-state index in [1.54, 1.807) is 0 Å². The topological polar surface area (TPSA) is 42.1 Å². The van der Waals surface area contributed by atoms with E-state index in [-0.39, 0.29) is 6.04 Å². The lowest BCUT2D eigenvalue weighted by atomic mass is 9.92. The van der Waals surface area contributed by atoms with Crippen molar-refractivity contribution >= 4 is 15.9 Å². The maximum absolute atomic E-state index is 5.98. The highest BCUT2D eigenvalue weighted by Gasteiger charge is 2.24. The van der Waals surface area contributed by atoms with Crippen LogP contribution in [0.15, 0.2) is 22.9 Å². The van der Waals surface area contributed by atoms with E-state index in [0.29, 0.717) is 12.6 Å². The van der Waals surface area contributed by atoms with Gasteiger partial charge >= 0.3 is 0 Å². The molecule has 0 bridgehead atoms. The van der Waals surface area contributed by atoms with Crippen molar-refractivity contribution in [2.24, 2.45) is 5.73 Å². The number of rotatable bonds is 4. The normalized spacial score (nSPS) is 19.1. The van der Waals surface area contributed by atoms with Gasteiger partial charge in [0.2, 0.25) is 0 Å². The molecule has 1 fully saturated rings. The van der Waals surface area contributed by atoms with E-state index in [1.807, 2.05) is 12.4 Å². The third-order valence-electron chi connectivity index (χ3n) is 3.98. The zero-order valence-electron chi connectivity index (χ0n) is 11.0. The molecule has 18 heavy (non-hydrogen) atoms. The van der Waals surface area contributed by atoms with Crippen LogP contribution in [-0.4, -0.2) is 29.5 Å². The van der Waals surface area contributed by atoms with Gasteiger partial charge in [-0.05, 0) is 47.4 Å². The Morgan fingerprint density at radius 1 is 1.39 bits per heavy atom. The van der Waals surface area contributed by atoms with E-state index < -0.39 is 0 Å². The van der Waals surface area contributed by atoms with E-state index in [0.717, 1.165) is 4.47 Å². The number of aromatic nitrogens is 1. The molecule has 100 valence electrons. The van der Waals surface area contributed by atoms with Crippen LogP contribution in [0.25, 0.3) is 0 Å². The molecule has 0 aliphatic heterocycles. The van der Waals surface area contributed by atoms with Crippen LogP contribution in [0.5, 0.6) is 0 Å². The lowest BCUT2D eigenvalue weighted by Gasteiger charge is -2.36. The number of likely N-dealkylation sites (N-methyl/N-ethyl adjacent to an activating group) is 1. The molecule has 1 aliphatic carbocycles. The van der Waals surface area contributed by atoms with Gasteiger partial charge in [0.15, 0.2) is 0 Å². The first-order valence-electron chi connectivity index (χ1n) is 6.75. The molecular formula is C14H22BrN3. The molecule has 4 heteroatoms. The van der Waals surface area contributed by atoms with Crippen LogP contribution in [0.4, 0.5) is 0 Å². The number of nitrogens with zero attached hydrogens (tertiary/aromatic N) is 2. The monoisotopic (exact) mass is 311 g/mol. The predicted octanol–water partition coefficient (Wildman–Crippen LogP) is 3.11. The Morgan fingerprint density at radius 2 is 2.11 bits per heavy atom. The molecule has 0 radical (unpaired) electrons. The van der Waals surface area contributed by atoms with Gasteiger partial charge in [0.1, 0.15) is 0 Å². The Hall–Kier alpha value is -0.450. The van der Waals surface area contributed by atoms with Gasteiger partial charge in [0, 0.05) is 35.5 Å². The molecule has 1 aromatic heterocycles. The molecule has 1 unspecified atom stereocenters. The van der Waals surface area contributed by atoms with E-state index in [1.165, 1.54) is 37.7 Å². The van der Waals surface area contributed by atoms with E-state index in [2.05, 4.69) is 38.9 Å². The summed E-state index contributed by atoms with van der Waals surface area (Å²) in [6.45, 7) is 0.644. The maximum Gasteiger partial charge on any atom is 0.0485 e. The Balaban J connectivity index is 2.11. The highest BCUT2D eigenvalue weighted by Crippen LogP contribution is 2.28. The Kier molecular flexibility index (Phi) is 5.15. The fourth-order valence-corrected chi connectivity index (χ4v) is 3.27. The second-order valence-corrected chi connectivity index (χ2v) is 6.06. The molecule has 1 aliphatic rings. The number of pyridine rings is 1. The first-order valence-corrected chi connectivity index (χ1v) is 7.54. The van der Waals surface area contributed by atoms with Gasteiger partial charge in [-0.1, -0.05) is 19.3 Å². The molecule has 0 aromatic carbocycles. The molecule has 0 saturated heterocycles. The van der Waals surface area contributed by atoms with Crippen LogP contribution in [-0.2, 0) is 0 Å². The van der Waals surface area contributed by atoms with Crippen molar-refractivity contribution in [2.45, 2.75) is 44.2 Å². The second kappa shape index (κ2) is 6.64. The summed E-state index contributed by atoms with van der Waals surface area (Å²) in [5.74, 6) is 0. The van der Waals surface area contributed by atoms with Gasteiger partial charge in [0.25, 0.3) is 0 Å². The first-order chi connectivity index (χ1) is 8.72. The summed E-state index contributed by atoms with van der Waals surface area (Å²) in [5, 5.41) is 0. The summed E-state index contributed by atoms with van der Waals surface area (Å²) in [4.78, 5) is 6.70. The smallest absolute Gasteiger partial charge is 0.0485 e. The standard InChI is InChI=1S/C14H22BrN3/c1-18(13-5-3-2-4-6-13)14(8-16)11-7-12(15)10-17-9-11/h7,9-10,13-14H,2-6,8,16H2,1H3. The number of hydrogen-bond acceptors (Lipinski definition) is 3. The van der Waals surface area contributed by atoms with Crippen molar-refractivity contribution in [3.05, 3.63) is 28.5 Å². The van der Waals surface area contributed by atoms with Crippen molar-refractivity contribution in [1.29, 1.82) is 0 Å². The van der Waals surface area contributed by atoms with Crippen LogP contribution < -0.4 is 5.73 Å². The van der Waals surface area contributed by atoms with Crippen molar-refractivity contribution in [3.63, 3.8) is 0 Å². The van der Waals surface area contributed by atoms with Crippen LogP contribution >= 0.6 is 15.9 Å². The van der Waals surface area contributed by atoms with Crippen LogP contribution in [0.1, 0.15) is 43.7 Å². The lowest BCUT2D eigenvalue weighted by molar-refractivity contribution is 0.140. The first kappa shape index (κ1) is 14.0. The quantitative estimate of drug-likeness (QED) is 0.929. The van der Waals surface area contributed by atoms with Gasteiger partial charge in [0.05, 0.1) is 0 Å². The summed E-state index contributed by atoms with van der Waals surface area (Å²) in [7, 11) is 2.20. The Morgan fingerprint density at radius 3 is 2.72 bits per heavy atom. The molecule has 3 nitrogen and oxygen atoms in total. The minimum Gasteiger partial charge on any atom is -0.329 e. The Labute approximate surface area is 118 Å². The summed E-state index contributed by atoms with van der Waals surface area (Å²) in [5.41, 5.74) is 7.19. The highest BCUT2D eigenvalue weighted by atomic mass is 79.9. The van der Waals surface area contributed by atoms with E-state index >= 15 is 0 Å². The second-order valence-electron chi connectivity index (χ2n) is 5.15. The van der Waals surface area contributed by atoms with Crippen LogP contribution in [0, 0.1) is 0 Å². The summed E-state index contributed by atoms with van der Waals surface area (Å²) in [6.07, 6.45) is 10.4. The fourth-order valence-electron chi connectivity index (χ4n) is 2.89. The average Bonchev–Trinajstić information content (AvgIpc) is 2.40. The minimum atomic E-state index is 0.276. The minimum absolute atomic E-state index is 0.276. The molecule has 0 spiro atoms. The number of halogens is 1. The van der Waals surface area contributed by atoms with Gasteiger partial charge in [-0.25, -0.2) is 0 Å². The Bertz CT molecular complexity index is 377. The average molecular weight is 312 g/mol. The summed E-state index contributed by atoms with van der Waals surface area (Å²) < 4.78 is 1.02. The van der Waals surface area contributed by atoms with Gasteiger partial charge in [-0.15, -0.1) is 0 Å². The zero-order chi connectivity index (χ0) is 13.0. The maximum atomic E-state index is 5.98. The zero-order valence-corrected chi connectivity index (χ0v) is 12.6. The molecular weight excluding hydrogens is 290 g/mol. The summed E-state index contributed by atoms with van der Waals surface area (Å²) >= 11 is 3.48. The highest BCUT2D eigenvalue weighted by molar-refractivity contribution is 9.10. The van der Waals surface area contributed by atoms with Gasteiger partial charge < -0.3 is 5.73 Å². The molecule has 2 rings (SSSR count). The molecule has 1 aromatic rings. The third-order valence-corrected chi connectivity index (χ3v) is 4.41. The lowest BCUT2D eigenvalue weighted by Crippen LogP contribution is -2.39. The van der Waals surface area contributed by atoms with Crippen LogP contribution in [0.3, 0.4) is 0 Å². The molecule has 0 amide bonds. The predicted molar refractivity (Wildman–Crippen MR) is 78.4 cm³/mol. The van der Waals surface area contributed by atoms with E-state index in [4.69, 9.17) is 5.73 Å². The third kappa shape index (κ3) is 3.31. The van der Waals surface area contributed by atoms with Crippen molar-refractivity contribution in [2.75, 3.05) is 13.6 Å². The van der Waals surface area contributed by atoms with Crippen molar-refractivity contribution in [3.8, 4) is 0 Å². The van der Waals surface area contributed by atoms with Crippen LogP contribution in [0.2, 0.25) is 0 Å². The van der Waals surface area contributed by atoms with Crippen molar-refractivity contribution < 1.29 is 0 Å². The van der Waals surface area contributed by atoms with Gasteiger partial charge in [-0.2, -0.15) is 0 Å². The number of nitrogens with two attached hydrogens (primary N) is 1. The SMILES string of the molecule is CN(C1CCCCC1)C(CN)c1cncc(Br)c1. The number of hydrogen-bond donors (Lipinski definition) is 1. The molecule has 1 heterocycles. The summed E-state index contributed by atoms with van der Waals surface area (Å²) in [6, 6.07) is 3.08. The van der Waals surface area contributed by atoms with Gasteiger partial charge in [-0.3, -0.25) is 9.88 Å². The molecule has 1 atom stereocenters. The fraction of sp³-hybridized carbons (Fsp3) is 0.643. The molecule has 1 saturated carbocycles. The largest absolute Gasteiger partial charge is 0.329 e.